The van der Waals surface area contributed by atoms with Gasteiger partial charge in [0.15, 0.2) is 5.69 Å². The minimum absolute atomic E-state index is 0.300. The average molecular weight is 456 g/mol. The zero-order valence-corrected chi connectivity index (χ0v) is 15.6. The number of nitrogens with one attached hydrogen (secondary N) is 1. The number of aromatic nitrogens is 3. The Morgan fingerprint density at radius 2 is 1.91 bits per heavy atom. The van der Waals surface area contributed by atoms with Gasteiger partial charge in [0.25, 0.3) is 17.5 Å². The fraction of sp³-hybridized carbons (Fsp3) is 0.158. The van der Waals surface area contributed by atoms with Crippen LogP contribution in [-0.4, -0.2) is 14.5 Å². The number of aromatic amines is 1. The highest BCUT2D eigenvalue weighted by atomic mass is 19.4. The third-order valence-corrected chi connectivity index (χ3v) is 4.08. The Morgan fingerprint density at radius 3 is 2.53 bits per heavy atom. The molecule has 0 fully saturated rings. The van der Waals surface area contributed by atoms with Crippen molar-refractivity contribution < 1.29 is 31.1 Å². The molecule has 0 radical (unpaired) electrons. The number of nitrogens with zero attached hydrogens (tertiary/aromatic N) is 3. The Hall–Kier alpha value is -4.08. The molecule has 0 bridgehead atoms. The van der Waals surface area contributed by atoms with Gasteiger partial charge in [-0.2, -0.15) is 18.4 Å². The molecule has 0 atom stereocenters. The molecule has 0 saturated heterocycles. The molecule has 2 aromatic heterocycles. The highest BCUT2D eigenvalue weighted by molar-refractivity contribution is 5.43. The average Bonchev–Trinajstić information content (AvgIpc) is 2.72. The summed E-state index contributed by atoms with van der Waals surface area (Å²) < 4.78 is 85.2. The van der Waals surface area contributed by atoms with Crippen LogP contribution in [0.4, 0.5) is 26.3 Å². The van der Waals surface area contributed by atoms with Gasteiger partial charge < -0.3 is 9.72 Å². The fourth-order valence-corrected chi connectivity index (χ4v) is 2.67. The first-order chi connectivity index (χ1) is 15.0. The summed E-state index contributed by atoms with van der Waals surface area (Å²) in [6, 6.07) is 4.66. The van der Waals surface area contributed by atoms with Crippen molar-refractivity contribution in [2.75, 3.05) is 0 Å². The van der Waals surface area contributed by atoms with Crippen molar-refractivity contribution in [2.24, 2.45) is 0 Å². The molecule has 0 unspecified atom stereocenters. The number of nitriles is 1. The summed E-state index contributed by atoms with van der Waals surface area (Å²) in [6.07, 6.45) is -7.00. The van der Waals surface area contributed by atoms with Gasteiger partial charge in [-0.25, -0.2) is 18.2 Å². The van der Waals surface area contributed by atoms with Crippen LogP contribution < -0.4 is 15.9 Å². The van der Waals surface area contributed by atoms with E-state index in [1.54, 1.807) is 6.07 Å². The lowest BCUT2D eigenvalue weighted by Crippen LogP contribution is -2.28. The van der Waals surface area contributed by atoms with Gasteiger partial charge in [0.05, 0.1) is 24.5 Å². The van der Waals surface area contributed by atoms with Crippen molar-refractivity contribution in [3.8, 4) is 17.6 Å². The van der Waals surface area contributed by atoms with E-state index in [9.17, 15) is 35.9 Å². The summed E-state index contributed by atoms with van der Waals surface area (Å²) in [5.41, 5.74) is -5.34. The smallest absolute Gasteiger partial charge is 0.437 e. The number of hydrogen-bond donors (Lipinski definition) is 1. The Bertz CT molecular complexity index is 1320. The van der Waals surface area contributed by atoms with Gasteiger partial charge in [-0.3, -0.25) is 14.2 Å². The van der Waals surface area contributed by atoms with E-state index in [1.807, 2.05) is 4.98 Å². The molecule has 0 aliphatic carbocycles. The van der Waals surface area contributed by atoms with Crippen LogP contribution in [0.1, 0.15) is 28.8 Å². The monoisotopic (exact) mass is 456 g/mol. The largest absolute Gasteiger partial charge is 0.449 e. The van der Waals surface area contributed by atoms with Crippen LogP contribution in [0.15, 0.2) is 46.4 Å². The SMILES string of the molecule is N#Cc1cc(Oc2c(C(F)(F)F)ncn(Cc3cc(F)c[nH]c3=O)c2=O)cc(C(F)F)c1. The third-order valence-electron chi connectivity index (χ3n) is 4.08. The summed E-state index contributed by atoms with van der Waals surface area (Å²) >= 11 is 0. The number of benzene rings is 1. The first-order valence-corrected chi connectivity index (χ1v) is 8.54. The summed E-state index contributed by atoms with van der Waals surface area (Å²) in [4.78, 5) is 29.7. The van der Waals surface area contributed by atoms with E-state index < -0.39 is 58.8 Å². The van der Waals surface area contributed by atoms with Gasteiger partial charge in [0.2, 0.25) is 5.75 Å². The van der Waals surface area contributed by atoms with Crippen molar-refractivity contribution >= 4 is 0 Å². The van der Waals surface area contributed by atoms with Crippen molar-refractivity contribution in [3.05, 3.63) is 85.7 Å². The van der Waals surface area contributed by atoms with Crippen LogP contribution in [-0.2, 0) is 12.7 Å². The Balaban J connectivity index is 2.14. The zero-order valence-electron chi connectivity index (χ0n) is 15.6. The molecular formula is C19H10F6N4O3. The molecule has 1 aromatic carbocycles. The van der Waals surface area contributed by atoms with E-state index >= 15 is 0 Å². The third kappa shape index (κ3) is 4.80. The van der Waals surface area contributed by atoms with Crippen LogP contribution in [0.25, 0.3) is 0 Å². The molecule has 0 amide bonds. The number of rotatable bonds is 5. The molecule has 13 heteroatoms. The van der Waals surface area contributed by atoms with Crippen LogP contribution in [0.5, 0.6) is 11.5 Å². The standard InChI is InChI=1S/C19H10F6N4O3/c20-12-3-11(17(30)27-6-12)7-29-8-28-15(19(23,24)25)14(18(29)31)32-13-2-9(5-26)1-10(4-13)16(21)22/h1-4,6,8,16H,7H2,(H,27,30). The predicted molar refractivity (Wildman–Crippen MR) is 95.8 cm³/mol. The first-order valence-electron chi connectivity index (χ1n) is 8.54. The molecule has 0 aliphatic heterocycles. The molecule has 3 aromatic rings. The number of alkyl halides is 5. The molecule has 7 nitrogen and oxygen atoms in total. The van der Waals surface area contributed by atoms with E-state index in [-0.39, 0.29) is 11.1 Å². The lowest BCUT2D eigenvalue weighted by atomic mass is 10.1. The van der Waals surface area contributed by atoms with Gasteiger partial charge in [0, 0.05) is 17.3 Å². The second-order valence-corrected chi connectivity index (χ2v) is 6.33. The normalized spacial score (nSPS) is 11.4. The lowest BCUT2D eigenvalue weighted by Gasteiger charge is -2.15. The van der Waals surface area contributed by atoms with E-state index in [1.165, 1.54) is 0 Å². The number of ether oxygens (including phenoxy) is 1. The summed E-state index contributed by atoms with van der Waals surface area (Å²) in [5.74, 6) is -2.87. The van der Waals surface area contributed by atoms with Crippen LogP contribution in [0, 0.1) is 17.1 Å². The molecule has 2 heterocycles. The Morgan fingerprint density at radius 1 is 1.19 bits per heavy atom. The molecular weight excluding hydrogens is 446 g/mol. The van der Waals surface area contributed by atoms with E-state index in [2.05, 4.69) is 4.98 Å². The second-order valence-electron chi connectivity index (χ2n) is 6.33. The Kier molecular flexibility index (Phi) is 6.06. The maximum Gasteiger partial charge on any atom is 0.437 e. The van der Waals surface area contributed by atoms with E-state index in [0.717, 1.165) is 24.4 Å². The second kappa shape index (κ2) is 8.58. The Labute approximate surface area is 174 Å². The number of H-pyrrole nitrogens is 1. The molecule has 0 aliphatic rings. The van der Waals surface area contributed by atoms with Crippen molar-refractivity contribution in [1.82, 2.24) is 14.5 Å². The molecule has 0 saturated carbocycles. The number of pyridine rings is 1. The zero-order chi connectivity index (χ0) is 23.6. The predicted octanol–water partition coefficient (Wildman–Crippen LogP) is 3.74. The minimum Gasteiger partial charge on any atom is -0.449 e. The van der Waals surface area contributed by atoms with Crippen LogP contribution >= 0.6 is 0 Å². The molecule has 166 valence electrons. The van der Waals surface area contributed by atoms with Gasteiger partial charge in [-0.1, -0.05) is 0 Å². The number of halogens is 6. The summed E-state index contributed by atoms with van der Waals surface area (Å²) in [7, 11) is 0. The van der Waals surface area contributed by atoms with E-state index in [0.29, 0.717) is 17.0 Å². The van der Waals surface area contributed by atoms with Gasteiger partial charge in [0.1, 0.15) is 11.6 Å². The lowest BCUT2D eigenvalue weighted by molar-refractivity contribution is -0.142. The van der Waals surface area contributed by atoms with Crippen molar-refractivity contribution in [1.29, 1.82) is 5.26 Å². The van der Waals surface area contributed by atoms with Crippen LogP contribution in [0.2, 0.25) is 0 Å². The molecule has 0 spiro atoms. The van der Waals surface area contributed by atoms with Crippen molar-refractivity contribution in [3.63, 3.8) is 0 Å². The van der Waals surface area contributed by atoms with E-state index in [4.69, 9.17) is 10.00 Å². The topological polar surface area (TPSA) is 101 Å². The van der Waals surface area contributed by atoms with Gasteiger partial charge in [-0.15, -0.1) is 0 Å². The minimum atomic E-state index is -5.16. The molecule has 32 heavy (non-hydrogen) atoms. The highest BCUT2D eigenvalue weighted by Gasteiger charge is 2.39. The van der Waals surface area contributed by atoms with Gasteiger partial charge >= 0.3 is 6.18 Å². The van der Waals surface area contributed by atoms with Crippen LogP contribution in [0.3, 0.4) is 0 Å². The first kappa shape index (κ1) is 22.6. The molecule has 3 rings (SSSR count). The highest BCUT2D eigenvalue weighted by Crippen LogP contribution is 2.35. The van der Waals surface area contributed by atoms with Crippen molar-refractivity contribution in [2.45, 2.75) is 19.1 Å². The maximum absolute atomic E-state index is 13.4. The quantitative estimate of drug-likeness (QED) is 0.590. The number of hydrogen-bond acceptors (Lipinski definition) is 5. The maximum atomic E-state index is 13.4. The fourth-order valence-electron chi connectivity index (χ4n) is 2.67. The summed E-state index contributed by atoms with van der Waals surface area (Å²) in [6.45, 7) is -0.659. The molecule has 1 N–H and O–H groups in total. The van der Waals surface area contributed by atoms with Gasteiger partial charge in [-0.05, 0) is 24.3 Å². The summed E-state index contributed by atoms with van der Waals surface area (Å²) in [5, 5.41) is 8.96.